The fourth-order valence-electron chi connectivity index (χ4n) is 4.98. The smallest absolute Gasteiger partial charge is 0.246 e. The zero-order valence-electron chi connectivity index (χ0n) is 11.8. The second-order valence-electron chi connectivity index (χ2n) is 7.64. The van der Waals surface area contributed by atoms with Gasteiger partial charge in [-0.1, -0.05) is 5.16 Å². The van der Waals surface area contributed by atoms with Crippen LogP contribution < -0.4 is 5.73 Å². The summed E-state index contributed by atoms with van der Waals surface area (Å²) in [5, 5.41) is 4.26. The summed E-state index contributed by atoms with van der Waals surface area (Å²) < 4.78 is 5.40. The second-order valence-corrected chi connectivity index (χ2v) is 7.64. The summed E-state index contributed by atoms with van der Waals surface area (Å²) in [6, 6.07) is 0. The van der Waals surface area contributed by atoms with Crippen molar-refractivity contribution in [1.29, 1.82) is 0 Å². The molecule has 1 aromatic heterocycles. The quantitative estimate of drug-likeness (QED) is 0.889. The van der Waals surface area contributed by atoms with E-state index in [1.165, 1.54) is 32.1 Å². The third-order valence-electron chi connectivity index (χ3n) is 5.52. The van der Waals surface area contributed by atoms with E-state index in [0.717, 1.165) is 29.5 Å². The van der Waals surface area contributed by atoms with Gasteiger partial charge in [0.25, 0.3) is 0 Å². The molecule has 4 aliphatic rings. The summed E-state index contributed by atoms with van der Waals surface area (Å²) in [6.45, 7) is 3.84. The number of rotatable bonds is 2. The fraction of sp³-hybridized carbons (Fsp3) is 0.867. The maximum Gasteiger partial charge on any atom is 0.246 e. The molecule has 0 atom stereocenters. The van der Waals surface area contributed by atoms with Crippen molar-refractivity contribution >= 4 is 0 Å². The van der Waals surface area contributed by atoms with Crippen LogP contribution in [-0.4, -0.2) is 10.1 Å². The van der Waals surface area contributed by atoms with E-state index in [4.69, 9.17) is 10.3 Å². The Balaban J connectivity index is 1.64. The molecule has 1 heterocycles. The minimum Gasteiger partial charge on any atom is -0.337 e. The fourth-order valence-corrected chi connectivity index (χ4v) is 4.98. The summed E-state index contributed by atoms with van der Waals surface area (Å²) in [4.78, 5) is 4.62. The third kappa shape index (κ3) is 1.83. The molecule has 0 aromatic carbocycles. The molecule has 4 nitrogen and oxygen atoms in total. The highest BCUT2D eigenvalue weighted by Gasteiger charge is 2.50. The lowest BCUT2D eigenvalue weighted by molar-refractivity contribution is -0.00629. The van der Waals surface area contributed by atoms with Crippen molar-refractivity contribution < 1.29 is 4.52 Å². The zero-order valence-corrected chi connectivity index (χ0v) is 11.8. The van der Waals surface area contributed by atoms with Crippen molar-refractivity contribution in [2.75, 3.05) is 0 Å². The predicted molar refractivity (Wildman–Crippen MR) is 71.3 cm³/mol. The molecule has 4 bridgehead atoms. The van der Waals surface area contributed by atoms with E-state index in [2.05, 4.69) is 10.1 Å². The largest absolute Gasteiger partial charge is 0.337 e. The Hall–Kier alpha value is -0.900. The van der Waals surface area contributed by atoms with Crippen LogP contribution in [0.3, 0.4) is 0 Å². The number of nitrogens with two attached hydrogens (primary N) is 1. The van der Waals surface area contributed by atoms with Gasteiger partial charge in [0.05, 0.1) is 5.54 Å². The van der Waals surface area contributed by atoms with E-state index in [1.807, 2.05) is 13.8 Å². The van der Waals surface area contributed by atoms with Crippen molar-refractivity contribution in [1.82, 2.24) is 10.1 Å². The minimum atomic E-state index is -0.531. The molecule has 19 heavy (non-hydrogen) atoms. The molecular weight excluding hydrogens is 238 g/mol. The summed E-state index contributed by atoms with van der Waals surface area (Å²) in [5.41, 5.74) is 5.52. The summed E-state index contributed by atoms with van der Waals surface area (Å²) in [6.07, 6.45) is 7.01. The summed E-state index contributed by atoms with van der Waals surface area (Å²) in [5.74, 6) is 5.60. The van der Waals surface area contributed by atoms with Crippen LogP contribution >= 0.6 is 0 Å². The van der Waals surface area contributed by atoms with Crippen molar-refractivity contribution in [2.24, 2.45) is 29.4 Å². The predicted octanol–water partition coefficient (Wildman–Crippen LogP) is 2.80. The van der Waals surface area contributed by atoms with E-state index in [1.54, 1.807) is 0 Å². The third-order valence-corrected chi connectivity index (χ3v) is 5.52. The first-order valence-corrected chi connectivity index (χ1v) is 7.63. The lowest BCUT2D eigenvalue weighted by atomic mass is 9.52. The van der Waals surface area contributed by atoms with Crippen LogP contribution in [-0.2, 0) is 5.54 Å². The summed E-state index contributed by atoms with van der Waals surface area (Å²) >= 11 is 0. The van der Waals surface area contributed by atoms with Gasteiger partial charge in [-0.05, 0) is 69.6 Å². The number of hydrogen-bond acceptors (Lipinski definition) is 4. The summed E-state index contributed by atoms with van der Waals surface area (Å²) in [7, 11) is 0. The van der Waals surface area contributed by atoms with Gasteiger partial charge < -0.3 is 10.3 Å². The normalized spacial score (nSPS) is 40.9. The minimum absolute atomic E-state index is 0.531. The lowest BCUT2D eigenvalue weighted by Crippen LogP contribution is -2.44. The standard InChI is InChI=1S/C15H23N3O/c1-15(2,16)14-17-13(18-19-14)12-10-4-8-3-9(6-10)7-11(12)5-8/h8-12H,3-7,16H2,1-2H3. The molecule has 4 heteroatoms. The van der Waals surface area contributed by atoms with Crippen molar-refractivity contribution in [2.45, 2.75) is 57.4 Å². The van der Waals surface area contributed by atoms with Crippen molar-refractivity contribution in [3.05, 3.63) is 11.7 Å². The molecule has 104 valence electrons. The van der Waals surface area contributed by atoms with Crippen LogP contribution in [0.15, 0.2) is 4.52 Å². The molecule has 0 amide bonds. The number of aromatic nitrogens is 2. The molecule has 0 unspecified atom stereocenters. The zero-order chi connectivity index (χ0) is 13.2. The van der Waals surface area contributed by atoms with Crippen molar-refractivity contribution in [3.8, 4) is 0 Å². The van der Waals surface area contributed by atoms with Gasteiger partial charge in [-0.25, -0.2) is 0 Å². The molecule has 1 aromatic rings. The highest BCUT2D eigenvalue weighted by atomic mass is 16.5. The first-order chi connectivity index (χ1) is 9.00. The Kier molecular flexibility index (Phi) is 2.39. The molecule has 0 spiro atoms. The molecular formula is C15H23N3O. The molecule has 5 rings (SSSR count). The van der Waals surface area contributed by atoms with Crippen LogP contribution in [0.2, 0.25) is 0 Å². The van der Waals surface area contributed by atoms with E-state index >= 15 is 0 Å². The second kappa shape index (κ2) is 3.81. The Morgan fingerprint density at radius 2 is 1.63 bits per heavy atom. The highest BCUT2D eigenvalue weighted by molar-refractivity contribution is 5.11. The molecule has 4 fully saturated rings. The molecule has 0 saturated heterocycles. The SMILES string of the molecule is CC(C)(N)c1nc(C2C3CC4CC(C3)CC2C4)no1. The van der Waals surface area contributed by atoms with Gasteiger partial charge in [0.15, 0.2) is 5.82 Å². The molecule has 0 radical (unpaired) electrons. The maximum atomic E-state index is 6.05. The first kappa shape index (κ1) is 11.9. The Labute approximate surface area is 114 Å². The van der Waals surface area contributed by atoms with Gasteiger partial charge in [-0.2, -0.15) is 4.98 Å². The van der Waals surface area contributed by atoms with Crippen molar-refractivity contribution in [3.63, 3.8) is 0 Å². The van der Waals surface area contributed by atoms with E-state index in [0.29, 0.717) is 11.8 Å². The number of nitrogens with zero attached hydrogens (tertiary/aromatic N) is 2. The van der Waals surface area contributed by atoms with Gasteiger partial charge in [-0.3, -0.25) is 0 Å². The van der Waals surface area contributed by atoms with Gasteiger partial charge in [0, 0.05) is 5.92 Å². The van der Waals surface area contributed by atoms with E-state index in [-0.39, 0.29) is 0 Å². The molecule has 0 aliphatic heterocycles. The van der Waals surface area contributed by atoms with E-state index in [9.17, 15) is 0 Å². The van der Waals surface area contributed by atoms with Gasteiger partial charge >= 0.3 is 0 Å². The molecule has 4 saturated carbocycles. The topological polar surface area (TPSA) is 64.9 Å². The first-order valence-electron chi connectivity index (χ1n) is 7.63. The van der Waals surface area contributed by atoms with E-state index < -0.39 is 5.54 Å². The molecule has 4 aliphatic carbocycles. The number of hydrogen-bond donors (Lipinski definition) is 1. The van der Waals surface area contributed by atoms with Crippen LogP contribution in [0.5, 0.6) is 0 Å². The average Bonchev–Trinajstić information content (AvgIpc) is 2.76. The van der Waals surface area contributed by atoms with Gasteiger partial charge in [0.1, 0.15) is 0 Å². The average molecular weight is 261 g/mol. The van der Waals surface area contributed by atoms with Crippen LogP contribution in [0.1, 0.15) is 63.6 Å². The Morgan fingerprint density at radius 3 is 2.11 bits per heavy atom. The van der Waals surface area contributed by atoms with Gasteiger partial charge in [0.2, 0.25) is 5.89 Å². The molecule has 2 N–H and O–H groups in total. The van der Waals surface area contributed by atoms with Crippen LogP contribution in [0.25, 0.3) is 0 Å². The van der Waals surface area contributed by atoms with Crippen LogP contribution in [0.4, 0.5) is 0 Å². The van der Waals surface area contributed by atoms with Crippen LogP contribution in [0, 0.1) is 23.7 Å². The monoisotopic (exact) mass is 261 g/mol. The lowest BCUT2D eigenvalue weighted by Gasteiger charge is -2.53. The highest BCUT2D eigenvalue weighted by Crippen LogP contribution is 2.59. The Bertz CT molecular complexity index is 460. The Morgan fingerprint density at radius 1 is 1.05 bits per heavy atom. The van der Waals surface area contributed by atoms with Gasteiger partial charge in [-0.15, -0.1) is 0 Å². The maximum absolute atomic E-state index is 6.05.